The summed E-state index contributed by atoms with van der Waals surface area (Å²) in [7, 11) is 0. The molecule has 1 rings (SSSR count). The molecule has 0 nitrogen and oxygen atoms in total. The summed E-state index contributed by atoms with van der Waals surface area (Å²) >= 11 is 0. The van der Waals surface area contributed by atoms with E-state index in [9.17, 15) is 0 Å². The first kappa shape index (κ1) is 2.06. The van der Waals surface area contributed by atoms with E-state index < -0.39 is 6.53 Å². The summed E-state index contributed by atoms with van der Waals surface area (Å²) in [6, 6.07) is 6.44. The third kappa shape index (κ3) is 0.969. The molecule has 0 saturated heterocycles. The van der Waals surface area contributed by atoms with Crippen LogP contribution in [0.2, 0.25) is 0 Å². The van der Waals surface area contributed by atoms with Crippen molar-refractivity contribution in [3.8, 4) is 0 Å². The molecule has 0 saturated carbocycles. The number of hydrogen-bond donors (Lipinski definition) is 0. The molecule has 0 atom stereocenters. The summed E-state index contributed by atoms with van der Waals surface area (Å²) in [6.45, 7) is -0.560. The quantitative estimate of drug-likeness (QED) is 0.518. The van der Waals surface area contributed by atoms with Crippen LogP contribution in [0.5, 0.6) is 0 Å². The maximum atomic E-state index is 7.37. The van der Waals surface area contributed by atoms with Crippen LogP contribution in [0.3, 0.4) is 0 Å². The Hall–Kier alpha value is -1.04. The smallest absolute Gasteiger partial charge is 0.0629 e. The van der Waals surface area contributed by atoms with E-state index >= 15 is 0 Å². The highest BCUT2D eigenvalue weighted by atomic mass is 13.8. The summed E-state index contributed by atoms with van der Waals surface area (Å²) in [5.41, 5.74) is 0.331. The van der Waals surface area contributed by atoms with E-state index in [0.29, 0.717) is 5.56 Å². The second kappa shape index (κ2) is 2.31. The molecule has 0 amide bonds. The zero-order chi connectivity index (χ0) is 9.14. The Labute approximate surface area is 55.1 Å². The maximum absolute atomic E-state index is 7.37. The molecule has 0 aliphatic carbocycles. The fourth-order valence-electron chi connectivity index (χ4n) is 0.471. The van der Waals surface area contributed by atoms with E-state index in [1.165, 1.54) is 6.07 Å². The SMILES string of the molecule is [2H]C([2H])=C([2H])c1ccccc1[2H]. The minimum Gasteiger partial charge on any atom is -0.0985 e. The Morgan fingerprint density at radius 2 is 2.75 bits per heavy atom. The van der Waals surface area contributed by atoms with Crippen LogP contribution in [0, 0.1) is 0 Å². The zero-order valence-corrected chi connectivity index (χ0v) is 4.31. The third-order valence-corrected chi connectivity index (χ3v) is 0.844. The molecule has 0 aliphatic rings. The van der Waals surface area contributed by atoms with Crippen molar-refractivity contribution in [3.05, 3.63) is 42.4 Å². The molecule has 0 heteroatoms. The first-order chi connectivity index (χ1) is 5.63. The van der Waals surface area contributed by atoms with Gasteiger partial charge in [-0.15, -0.1) is 0 Å². The molecule has 0 radical (unpaired) electrons. The van der Waals surface area contributed by atoms with Gasteiger partial charge in [0.05, 0.1) is 5.48 Å². The molecule has 40 valence electrons. The molecule has 0 aromatic heterocycles. The molecule has 1 aromatic carbocycles. The number of benzene rings is 1. The van der Waals surface area contributed by atoms with E-state index in [1.807, 2.05) is 0 Å². The lowest BCUT2D eigenvalue weighted by Gasteiger charge is -1.85. The van der Waals surface area contributed by atoms with Crippen LogP contribution >= 0.6 is 0 Å². The molecular weight excluding hydrogens is 96.1 g/mol. The molecule has 0 aliphatic heterocycles. The Kier molecular flexibility index (Phi) is 0.595. The largest absolute Gasteiger partial charge is 0.0985 e. The van der Waals surface area contributed by atoms with Crippen LogP contribution in [0.25, 0.3) is 6.05 Å². The lowest BCUT2D eigenvalue weighted by atomic mass is 10.2. The van der Waals surface area contributed by atoms with Crippen molar-refractivity contribution in [1.29, 1.82) is 0 Å². The van der Waals surface area contributed by atoms with Crippen LogP contribution in [0.1, 0.15) is 11.0 Å². The molecule has 0 heterocycles. The van der Waals surface area contributed by atoms with Crippen molar-refractivity contribution in [2.45, 2.75) is 0 Å². The predicted molar refractivity (Wildman–Crippen MR) is 36.5 cm³/mol. The van der Waals surface area contributed by atoms with Crippen molar-refractivity contribution in [2.75, 3.05) is 0 Å². The second-order valence-corrected chi connectivity index (χ2v) is 1.40. The fourth-order valence-corrected chi connectivity index (χ4v) is 0.471. The van der Waals surface area contributed by atoms with E-state index in [2.05, 4.69) is 0 Å². The molecule has 0 spiro atoms. The summed E-state index contributed by atoms with van der Waals surface area (Å²) in [5, 5.41) is 0. The Morgan fingerprint density at radius 3 is 3.50 bits per heavy atom. The first-order valence-corrected chi connectivity index (χ1v) is 2.33. The highest BCUT2D eigenvalue weighted by Crippen LogP contribution is 1.97. The Balaban J connectivity index is 3.21. The maximum Gasteiger partial charge on any atom is 0.0629 e. The average molecular weight is 108 g/mol. The summed E-state index contributed by atoms with van der Waals surface area (Å²) in [6.07, 6.45) is 0. The molecule has 0 bridgehead atoms. The Bertz CT molecular complexity index is 313. The molecular formula is C8H8. The van der Waals surface area contributed by atoms with Crippen molar-refractivity contribution >= 4 is 6.05 Å². The standard InChI is InChI=1S/C8H8/c1-2-8-6-4-3-5-7-8/h2-7H,1H2/i1D2,2D,6D. The third-order valence-electron chi connectivity index (χ3n) is 0.844. The minimum absolute atomic E-state index is 0.180. The van der Waals surface area contributed by atoms with Crippen molar-refractivity contribution < 1.29 is 5.48 Å². The highest BCUT2D eigenvalue weighted by molar-refractivity contribution is 5.45. The van der Waals surface area contributed by atoms with Gasteiger partial charge in [-0.1, -0.05) is 42.9 Å². The molecule has 0 fully saturated rings. The summed E-state index contributed by atoms with van der Waals surface area (Å²) in [4.78, 5) is 0. The van der Waals surface area contributed by atoms with Gasteiger partial charge in [0.15, 0.2) is 0 Å². The molecule has 0 N–H and O–H groups in total. The van der Waals surface area contributed by atoms with E-state index in [-0.39, 0.29) is 12.1 Å². The lowest BCUT2D eigenvalue weighted by molar-refractivity contribution is 1.67. The second-order valence-electron chi connectivity index (χ2n) is 1.40. The summed E-state index contributed by atoms with van der Waals surface area (Å²) in [5.74, 6) is 0. The number of rotatable bonds is 1. The molecule has 1 aromatic rings. The van der Waals surface area contributed by atoms with Crippen LogP contribution in [-0.4, -0.2) is 0 Å². The molecule has 8 heavy (non-hydrogen) atoms. The monoisotopic (exact) mass is 108 g/mol. The normalized spacial score (nSPS) is 15.0. The van der Waals surface area contributed by atoms with Gasteiger partial charge < -0.3 is 0 Å². The van der Waals surface area contributed by atoms with E-state index in [4.69, 9.17) is 5.48 Å². The minimum atomic E-state index is -0.560. The number of hydrogen-bond acceptors (Lipinski definition) is 0. The summed E-state index contributed by atoms with van der Waals surface area (Å²) < 4.78 is 28.5. The average Bonchev–Trinajstić information content (AvgIpc) is 2.04. The Morgan fingerprint density at radius 1 is 1.75 bits per heavy atom. The first-order valence-electron chi connectivity index (χ1n) is 4.33. The fraction of sp³-hybridized carbons (Fsp3) is 0. The topological polar surface area (TPSA) is 0 Å². The highest BCUT2D eigenvalue weighted by Gasteiger charge is 1.75. The van der Waals surface area contributed by atoms with E-state index in [1.54, 1.807) is 18.2 Å². The zero-order valence-electron chi connectivity index (χ0n) is 8.31. The van der Waals surface area contributed by atoms with Gasteiger partial charge in [-0.2, -0.15) is 0 Å². The van der Waals surface area contributed by atoms with Crippen molar-refractivity contribution in [2.24, 2.45) is 0 Å². The van der Waals surface area contributed by atoms with Crippen LogP contribution in [0.4, 0.5) is 0 Å². The van der Waals surface area contributed by atoms with Crippen LogP contribution in [-0.2, 0) is 0 Å². The van der Waals surface area contributed by atoms with Gasteiger partial charge in [0.25, 0.3) is 0 Å². The van der Waals surface area contributed by atoms with Gasteiger partial charge >= 0.3 is 0 Å². The molecule has 0 unspecified atom stereocenters. The van der Waals surface area contributed by atoms with Gasteiger partial charge in [-0.25, -0.2) is 0 Å². The van der Waals surface area contributed by atoms with Gasteiger partial charge in [0, 0.05) is 0 Å². The van der Waals surface area contributed by atoms with Crippen molar-refractivity contribution in [3.63, 3.8) is 0 Å². The van der Waals surface area contributed by atoms with E-state index in [0.717, 1.165) is 0 Å². The lowest BCUT2D eigenvalue weighted by Crippen LogP contribution is -1.63. The van der Waals surface area contributed by atoms with Crippen molar-refractivity contribution in [1.82, 2.24) is 0 Å². The van der Waals surface area contributed by atoms with Gasteiger partial charge in [-0.05, 0) is 5.56 Å². The van der Waals surface area contributed by atoms with Crippen LogP contribution in [0.15, 0.2) is 36.8 Å². The van der Waals surface area contributed by atoms with Gasteiger partial charge in [0.2, 0.25) is 0 Å². The van der Waals surface area contributed by atoms with Crippen LogP contribution < -0.4 is 0 Å². The van der Waals surface area contributed by atoms with Gasteiger partial charge in [0.1, 0.15) is 0 Å². The van der Waals surface area contributed by atoms with Gasteiger partial charge in [-0.3, -0.25) is 0 Å². The predicted octanol–water partition coefficient (Wildman–Crippen LogP) is 2.33.